The molecule has 1 aromatic heterocycles. The van der Waals surface area contributed by atoms with Crippen molar-refractivity contribution in [2.45, 2.75) is 31.6 Å². The molecule has 1 aliphatic rings. The van der Waals surface area contributed by atoms with Crippen molar-refractivity contribution < 1.29 is 4.74 Å². The summed E-state index contributed by atoms with van der Waals surface area (Å²) < 4.78 is 5.44. The van der Waals surface area contributed by atoms with Crippen molar-refractivity contribution in [1.29, 1.82) is 0 Å². The Hall–Kier alpha value is -1.03. The molecule has 1 heterocycles. The van der Waals surface area contributed by atoms with Crippen molar-refractivity contribution in [3.63, 3.8) is 0 Å². The molecule has 1 aromatic rings. The molecule has 0 saturated heterocycles. The van der Waals surface area contributed by atoms with Crippen LogP contribution in [0.15, 0.2) is 12.3 Å². The summed E-state index contributed by atoms with van der Waals surface area (Å²) in [5.74, 6) is 1.87. The molecule has 1 atom stereocenters. The van der Waals surface area contributed by atoms with E-state index in [1.807, 2.05) is 0 Å². The molecule has 0 radical (unpaired) electrons. The number of rotatable bonds is 7. The van der Waals surface area contributed by atoms with E-state index in [1.54, 1.807) is 12.3 Å². The Balaban J connectivity index is 1.82. The van der Waals surface area contributed by atoms with Gasteiger partial charge < -0.3 is 10.1 Å². The van der Waals surface area contributed by atoms with Gasteiger partial charge in [0.2, 0.25) is 11.8 Å². The summed E-state index contributed by atoms with van der Waals surface area (Å²) in [6.45, 7) is 3.45. The van der Waals surface area contributed by atoms with Gasteiger partial charge in [0, 0.05) is 18.8 Å². The standard InChI is InChI=1S/C12H18ClN3O/c1-2-7-17-11-5-6-14-12(16-11)15-8-10(13)9-3-4-9/h5-6,9-10H,2-4,7-8H2,1H3,(H,14,15,16). The maximum absolute atomic E-state index is 6.20. The van der Waals surface area contributed by atoms with Crippen LogP contribution >= 0.6 is 11.6 Å². The molecule has 0 amide bonds. The summed E-state index contributed by atoms with van der Waals surface area (Å²) in [4.78, 5) is 8.40. The summed E-state index contributed by atoms with van der Waals surface area (Å²) in [7, 11) is 0. The molecule has 4 nitrogen and oxygen atoms in total. The summed E-state index contributed by atoms with van der Waals surface area (Å²) in [5, 5.41) is 3.33. The van der Waals surface area contributed by atoms with Crippen LogP contribution in [0.5, 0.6) is 5.88 Å². The second kappa shape index (κ2) is 6.05. The Kier molecular flexibility index (Phi) is 4.42. The molecule has 2 rings (SSSR count). The number of nitrogens with one attached hydrogen (secondary N) is 1. The van der Waals surface area contributed by atoms with Gasteiger partial charge in [0.1, 0.15) is 0 Å². The Morgan fingerprint density at radius 2 is 2.41 bits per heavy atom. The summed E-state index contributed by atoms with van der Waals surface area (Å²) in [6, 6.07) is 1.76. The van der Waals surface area contributed by atoms with Crippen LogP contribution in [0.2, 0.25) is 0 Å². The number of hydrogen-bond acceptors (Lipinski definition) is 4. The molecule has 17 heavy (non-hydrogen) atoms. The van der Waals surface area contributed by atoms with Gasteiger partial charge in [-0.2, -0.15) is 4.98 Å². The van der Waals surface area contributed by atoms with Gasteiger partial charge in [-0.25, -0.2) is 4.98 Å². The Labute approximate surface area is 107 Å². The lowest BCUT2D eigenvalue weighted by Crippen LogP contribution is -2.17. The molecule has 1 aliphatic carbocycles. The van der Waals surface area contributed by atoms with Crippen LogP contribution in [-0.2, 0) is 0 Å². The van der Waals surface area contributed by atoms with E-state index < -0.39 is 0 Å². The van der Waals surface area contributed by atoms with E-state index in [1.165, 1.54) is 12.8 Å². The van der Waals surface area contributed by atoms with Gasteiger partial charge >= 0.3 is 0 Å². The van der Waals surface area contributed by atoms with Crippen molar-refractivity contribution in [2.24, 2.45) is 5.92 Å². The molecule has 0 spiro atoms. The number of ether oxygens (including phenoxy) is 1. The second-order valence-corrected chi connectivity index (χ2v) is 4.86. The molecule has 1 unspecified atom stereocenters. The molecule has 0 aliphatic heterocycles. The second-order valence-electron chi connectivity index (χ2n) is 4.30. The third-order valence-corrected chi connectivity index (χ3v) is 3.18. The maximum atomic E-state index is 6.20. The van der Waals surface area contributed by atoms with Crippen LogP contribution in [-0.4, -0.2) is 28.5 Å². The monoisotopic (exact) mass is 255 g/mol. The lowest BCUT2D eigenvalue weighted by Gasteiger charge is -2.10. The number of anilines is 1. The lowest BCUT2D eigenvalue weighted by molar-refractivity contribution is 0.305. The van der Waals surface area contributed by atoms with Gasteiger partial charge in [-0.05, 0) is 25.2 Å². The third-order valence-electron chi connectivity index (χ3n) is 2.67. The fourth-order valence-electron chi connectivity index (χ4n) is 1.53. The molecule has 0 bridgehead atoms. The smallest absolute Gasteiger partial charge is 0.225 e. The molecule has 1 fully saturated rings. The van der Waals surface area contributed by atoms with E-state index in [9.17, 15) is 0 Å². The number of nitrogens with zero attached hydrogens (tertiary/aromatic N) is 2. The van der Waals surface area contributed by atoms with E-state index in [-0.39, 0.29) is 5.38 Å². The highest BCUT2D eigenvalue weighted by Gasteiger charge is 2.29. The van der Waals surface area contributed by atoms with Gasteiger partial charge in [0.15, 0.2) is 0 Å². The predicted molar refractivity (Wildman–Crippen MR) is 68.7 cm³/mol. The SMILES string of the molecule is CCCOc1ccnc(NCC(Cl)C2CC2)n1. The minimum atomic E-state index is 0.179. The Morgan fingerprint density at radius 3 is 3.12 bits per heavy atom. The minimum absolute atomic E-state index is 0.179. The zero-order valence-corrected chi connectivity index (χ0v) is 10.8. The summed E-state index contributed by atoms with van der Waals surface area (Å²) in [5.41, 5.74) is 0. The number of aromatic nitrogens is 2. The first-order chi connectivity index (χ1) is 8.29. The van der Waals surface area contributed by atoms with Crippen molar-refractivity contribution in [2.75, 3.05) is 18.5 Å². The van der Waals surface area contributed by atoms with Gasteiger partial charge in [-0.1, -0.05) is 6.92 Å². The Morgan fingerprint density at radius 1 is 1.59 bits per heavy atom. The van der Waals surface area contributed by atoms with Crippen LogP contribution in [0.1, 0.15) is 26.2 Å². The fourth-order valence-corrected chi connectivity index (χ4v) is 1.86. The molecule has 0 aromatic carbocycles. The topological polar surface area (TPSA) is 47.0 Å². The average molecular weight is 256 g/mol. The van der Waals surface area contributed by atoms with Crippen LogP contribution in [0.3, 0.4) is 0 Å². The number of halogens is 1. The van der Waals surface area contributed by atoms with E-state index in [4.69, 9.17) is 16.3 Å². The maximum Gasteiger partial charge on any atom is 0.225 e. The van der Waals surface area contributed by atoms with Gasteiger partial charge in [0.05, 0.1) is 12.0 Å². The minimum Gasteiger partial charge on any atom is -0.478 e. The molecular weight excluding hydrogens is 238 g/mol. The van der Waals surface area contributed by atoms with Crippen LogP contribution in [0.25, 0.3) is 0 Å². The van der Waals surface area contributed by atoms with Crippen molar-refractivity contribution in [1.82, 2.24) is 9.97 Å². The van der Waals surface area contributed by atoms with E-state index in [0.717, 1.165) is 6.42 Å². The number of alkyl halides is 1. The zero-order valence-electron chi connectivity index (χ0n) is 10.0. The first kappa shape index (κ1) is 12.4. The normalized spacial score (nSPS) is 16.6. The van der Waals surface area contributed by atoms with Gasteiger partial charge in [0.25, 0.3) is 0 Å². The van der Waals surface area contributed by atoms with Crippen molar-refractivity contribution in [3.05, 3.63) is 12.3 Å². The van der Waals surface area contributed by atoms with Crippen LogP contribution in [0, 0.1) is 5.92 Å². The number of hydrogen-bond donors (Lipinski definition) is 1. The summed E-state index contributed by atoms with van der Waals surface area (Å²) in [6.07, 6.45) is 5.16. The molecule has 1 saturated carbocycles. The first-order valence-electron chi connectivity index (χ1n) is 6.13. The summed E-state index contributed by atoms with van der Waals surface area (Å²) >= 11 is 6.20. The average Bonchev–Trinajstić information content (AvgIpc) is 3.18. The van der Waals surface area contributed by atoms with Crippen LogP contribution < -0.4 is 10.1 Å². The zero-order chi connectivity index (χ0) is 12.1. The Bertz CT molecular complexity index is 357. The third kappa shape index (κ3) is 4.04. The highest BCUT2D eigenvalue weighted by Crippen LogP contribution is 2.35. The molecule has 1 N–H and O–H groups in total. The first-order valence-corrected chi connectivity index (χ1v) is 6.57. The van der Waals surface area contributed by atoms with Crippen molar-refractivity contribution in [3.8, 4) is 5.88 Å². The van der Waals surface area contributed by atoms with Gasteiger partial charge in [-0.15, -0.1) is 11.6 Å². The quantitative estimate of drug-likeness (QED) is 0.761. The largest absolute Gasteiger partial charge is 0.478 e. The van der Waals surface area contributed by atoms with E-state index in [0.29, 0.717) is 30.9 Å². The van der Waals surface area contributed by atoms with Crippen LogP contribution in [0.4, 0.5) is 5.95 Å². The van der Waals surface area contributed by atoms with E-state index >= 15 is 0 Å². The van der Waals surface area contributed by atoms with Gasteiger partial charge in [-0.3, -0.25) is 0 Å². The fraction of sp³-hybridized carbons (Fsp3) is 0.667. The lowest BCUT2D eigenvalue weighted by atomic mass is 10.3. The predicted octanol–water partition coefficient (Wildman–Crippen LogP) is 2.69. The highest BCUT2D eigenvalue weighted by atomic mass is 35.5. The molecule has 5 heteroatoms. The highest BCUT2D eigenvalue weighted by molar-refractivity contribution is 6.21. The van der Waals surface area contributed by atoms with E-state index in [2.05, 4.69) is 22.2 Å². The molecule has 94 valence electrons. The molecular formula is C12H18ClN3O. The van der Waals surface area contributed by atoms with Crippen molar-refractivity contribution >= 4 is 17.5 Å².